The van der Waals surface area contributed by atoms with Gasteiger partial charge >= 0.3 is 5.97 Å². The van der Waals surface area contributed by atoms with E-state index >= 15 is 0 Å². The summed E-state index contributed by atoms with van der Waals surface area (Å²) in [5.74, 6) is -0.633. The van der Waals surface area contributed by atoms with Gasteiger partial charge in [-0.2, -0.15) is 0 Å². The van der Waals surface area contributed by atoms with Gasteiger partial charge in [0.05, 0.1) is 18.8 Å². The molecule has 6 nitrogen and oxygen atoms in total. The molecule has 1 aromatic carbocycles. The second-order valence-electron chi connectivity index (χ2n) is 4.20. The normalized spacial score (nSPS) is 11.8. The molecule has 20 heavy (non-hydrogen) atoms. The lowest BCUT2D eigenvalue weighted by Crippen LogP contribution is -2.43. The molecular formula is C14H20N2O4. The van der Waals surface area contributed by atoms with Gasteiger partial charge in [0, 0.05) is 13.7 Å². The molecule has 1 atom stereocenters. The van der Waals surface area contributed by atoms with E-state index in [0.717, 1.165) is 5.56 Å². The number of hydrogen-bond donors (Lipinski definition) is 2. The van der Waals surface area contributed by atoms with Crippen molar-refractivity contribution in [3.63, 3.8) is 0 Å². The highest BCUT2D eigenvalue weighted by molar-refractivity contribution is 5.89. The van der Waals surface area contributed by atoms with E-state index in [1.807, 2.05) is 0 Å². The van der Waals surface area contributed by atoms with Crippen molar-refractivity contribution in [2.45, 2.75) is 19.5 Å². The number of esters is 1. The van der Waals surface area contributed by atoms with E-state index in [2.05, 4.69) is 5.32 Å². The van der Waals surface area contributed by atoms with Crippen molar-refractivity contribution in [3.8, 4) is 0 Å². The smallest absolute Gasteiger partial charge is 0.338 e. The van der Waals surface area contributed by atoms with Crippen LogP contribution in [-0.2, 0) is 20.8 Å². The number of carbonyl (C=O) groups excluding carboxylic acids is 2. The average molecular weight is 280 g/mol. The Morgan fingerprint density at radius 3 is 2.50 bits per heavy atom. The van der Waals surface area contributed by atoms with Gasteiger partial charge in [0.25, 0.3) is 0 Å². The summed E-state index contributed by atoms with van der Waals surface area (Å²) in [5.41, 5.74) is 6.95. The Kier molecular flexibility index (Phi) is 6.69. The molecule has 1 unspecified atom stereocenters. The third-order valence-electron chi connectivity index (χ3n) is 2.61. The lowest BCUT2D eigenvalue weighted by molar-refractivity contribution is -0.123. The Morgan fingerprint density at radius 2 is 1.95 bits per heavy atom. The van der Waals surface area contributed by atoms with Crippen molar-refractivity contribution in [1.29, 1.82) is 0 Å². The van der Waals surface area contributed by atoms with Crippen LogP contribution >= 0.6 is 0 Å². The van der Waals surface area contributed by atoms with Crippen LogP contribution in [0.5, 0.6) is 0 Å². The third-order valence-corrected chi connectivity index (χ3v) is 2.61. The van der Waals surface area contributed by atoms with Gasteiger partial charge in [-0.3, -0.25) is 4.79 Å². The molecule has 3 N–H and O–H groups in total. The molecule has 0 aliphatic heterocycles. The number of benzene rings is 1. The topological polar surface area (TPSA) is 90.7 Å². The van der Waals surface area contributed by atoms with Crippen LogP contribution in [-0.4, -0.2) is 38.2 Å². The number of rotatable bonds is 7. The summed E-state index contributed by atoms with van der Waals surface area (Å²) in [6.45, 7) is 2.62. The second kappa shape index (κ2) is 8.29. The second-order valence-corrected chi connectivity index (χ2v) is 4.20. The number of nitrogens with one attached hydrogen (secondary N) is 1. The maximum absolute atomic E-state index is 11.6. The molecule has 0 aliphatic carbocycles. The number of nitrogens with two attached hydrogens (primary N) is 1. The van der Waals surface area contributed by atoms with Crippen molar-refractivity contribution < 1.29 is 19.1 Å². The average Bonchev–Trinajstić information content (AvgIpc) is 2.45. The van der Waals surface area contributed by atoms with Gasteiger partial charge in [-0.15, -0.1) is 0 Å². The molecule has 6 heteroatoms. The molecule has 0 saturated heterocycles. The number of methoxy groups -OCH3 is 1. The summed E-state index contributed by atoms with van der Waals surface area (Å²) in [7, 11) is 1.49. The van der Waals surface area contributed by atoms with E-state index in [-0.39, 0.29) is 18.5 Å². The van der Waals surface area contributed by atoms with Gasteiger partial charge in [0.1, 0.15) is 6.04 Å². The van der Waals surface area contributed by atoms with Gasteiger partial charge in [0.2, 0.25) is 5.91 Å². The van der Waals surface area contributed by atoms with E-state index in [1.165, 1.54) is 7.11 Å². The molecule has 0 aliphatic rings. The standard InChI is InChI=1S/C14H20N2O4/c1-3-20-14(18)11-6-4-10(5-7-11)8-16-13(17)12(15)9-19-2/h4-7,12H,3,8-9,15H2,1-2H3,(H,16,17). The first kappa shape index (κ1) is 16.1. The van der Waals surface area contributed by atoms with Gasteiger partial charge in [-0.05, 0) is 24.6 Å². The van der Waals surface area contributed by atoms with E-state index in [1.54, 1.807) is 31.2 Å². The molecule has 0 spiro atoms. The highest BCUT2D eigenvalue weighted by Gasteiger charge is 2.12. The molecular weight excluding hydrogens is 260 g/mol. The molecule has 110 valence electrons. The molecule has 1 amide bonds. The van der Waals surface area contributed by atoms with Crippen LogP contribution in [0.2, 0.25) is 0 Å². The monoisotopic (exact) mass is 280 g/mol. The third kappa shape index (κ3) is 4.99. The van der Waals surface area contributed by atoms with Crippen LogP contribution < -0.4 is 11.1 Å². The van der Waals surface area contributed by atoms with E-state index in [9.17, 15) is 9.59 Å². The zero-order valence-corrected chi connectivity index (χ0v) is 11.7. The summed E-state index contributed by atoms with van der Waals surface area (Å²) in [6, 6.07) is 6.16. The van der Waals surface area contributed by atoms with Crippen molar-refractivity contribution in [3.05, 3.63) is 35.4 Å². The SMILES string of the molecule is CCOC(=O)c1ccc(CNC(=O)C(N)COC)cc1. The predicted molar refractivity (Wildman–Crippen MR) is 74.1 cm³/mol. The molecule has 0 aromatic heterocycles. The minimum absolute atomic E-state index is 0.174. The predicted octanol–water partition coefficient (Wildman–Crippen LogP) is 0.453. The minimum Gasteiger partial charge on any atom is -0.462 e. The highest BCUT2D eigenvalue weighted by atomic mass is 16.5. The lowest BCUT2D eigenvalue weighted by atomic mass is 10.1. The maximum atomic E-state index is 11.6. The minimum atomic E-state index is -0.682. The van der Waals surface area contributed by atoms with E-state index in [4.69, 9.17) is 15.2 Å². The van der Waals surface area contributed by atoms with Gasteiger partial charge in [-0.25, -0.2) is 4.79 Å². The van der Waals surface area contributed by atoms with Crippen LogP contribution in [0.4, 0.5) is 0 Å². The Labute approximate surface area is 118 Å². The quantitative estimate of drug-likeness (QED) is 0.708. The number of hydrogen-bond acceptors (Lipinski definition) is 5. The van der Waals surface area contributed by atoms with Crippen molar-refractivity contribution >= 4 is 11.9 Å². The van der Waals surface area contributed by atoms with Crippen LogP contribution in [0.1, 0.15) is 22.8 Å². The summed E-state index contributed by atoms with van der Waals surface area (Å²) < 4.78 is 9.69. The molecule has 0 bridgehead atoms. The molecule has 0 radical (unpaired) electrons. The highest BCUT2D eigenvalue weighted by Crippen LogP contribution is 2.06. The largest absolute Gasteiger partial charge is 0.462 e. The fraction of sp³-hybridized carbons (Fsp3) is 0.429. The van der Waals surface area contributed by atoms with E-state index < -0.39 is 6.04 Å². The Balaban J connectivity index is 2.49. The van der Waals surface area contributed by atoms with Gasteiger partial charge in [-0.1, -0.05) is 12.1 Å². The fourth-order valence-electron chi connectivity index (χ4n) is 1.55. The Bertz CT molecular complexity index is 445. The summed E-state index contributed by atoms with van der Waals surface area (Å²) >= 11 is 0. The van der Waals surface area contributed by atoms with Crippen LogP contribution in [0, 0.1) is 0 Å². The van der Waals surface area contributed by atoms with Crippen LogP contribution in [0.15, 0.2) is 24.3 Å². The maximum Gasteiger partial charge on any atom is 0.338 e. The number of carbonyl (C=O) groups is 2. The molecule has 0 fully saturated rings. The fourth-order valence-corrected chi connectivity index (χ4v) is 1.55. The Hall–Kier alpha value is -1.92. The van der Waals surface area contributed by atoms with Crippen LogP contribution in [0.3, 0.4) is 0 Å². The Morgan fingerprint density at radius 1 is 1.30 bits per heavy atom. The van der Waals surface area contributed by atoms with Gasteiger partial charge < -0.3 is 20.5 Å². The molecule has 0 saturated carbocycles. The van der Waals surface area contributed by atoms with Crippen molar-refractivity contribution in [1.82, 2.24) is 5.32 Å². The number of amides is 1. The summed E-state index contributed by atoms with van der Waals surface area (Å²) in [6.07, 6.45) is 0. The van der Waals surface area contributed by atoms with Crippen LogP contribution in [0.25, 0.3) is 0 Å². The lowest BCUT2D eigenvalue weighted by Gasteiger charge is -2.11. The zero-order valence-electron chi connectivity index (χ0n) is 11.7. The number of ether oxygens (including phenoxy) is 2. The first-order chi connectivity index (χ1) is 9.58. The van der Waals surface area contributed by atoms with Gasteiger partial charge in [0.15, 0.2) is 0 Å². The molecule has 0 heterocycles. The zero-order chi connectivity index (χ0) is 15.0. The summed E-state index contributed by atoms with van der Waals surface area (Å²) in [5, 5.41) is 2.70. The van der Waals surface area contributed by atoms with Crippen molar-refractivity contribution in [2.24, 2.45) is 5.73 Å². The first-order valence-electron chi connectivity index (χ1n) is 6.36. The first-order valence-corrected chi connectivity index (χ1v) is 6.36. The van der Waals surface area contributed by atoms with E-state index in [0.29, 0.717) is 18.7 Å². The molecule has 1 rings (SSSR count). The molecule has 1 aromatic rings. The summed E-state index contributed by atoms with van der Waals surface area (Å²) in [4.78, 5) is 23.0. The van der Waals surface area contributed by atoms with Crippen molar-refractivity contribution in [2.75, 3.05) is 20.3 Å².